The molecule has 1 aromatic heterocycles. The molecule has 0 radical (unpaired) electrons. The highest BCUT2D eigenvalue weighted by molar-refractivity contribution is 8.00. The van der Waals surface area contributed by atoms with E-state index in [4.69, 9.17) is 4.98 Å². The average Bonchev–Trinajstić information content (AvgIpc) is 2.85. The lowest BCUT2D eigenvalue weighted by Gasteiger charge is -2.19. The van der Waals surface area contributed by atoms with Crippen molar-refractivity contribution in [1.29, 1.82) is 0 Å². The van der Waals surface area contributed by atoms with Crippen molar-refractivity contribution in [2.75, 3.05) is 6.54 Å². The summed E-state index contributed by atoms with van der Waals surface area (Å²) in [6.07, 6.45) is 0.696. The van der Waals surface area contributed by atoms with Crippen LogP contribution in [0.5, 0.6) is 0 Å². The quantitative estimate of drug-likeness (QED) is 0.209. The first-order valence-electron chi connectivity index (χ1n) is 11.9. The Morgan fingerprint density at radius 1 is 0.972 bits per heavy atom. The average molecular weight is 500 g/mol. The summed E-state index contributed by atoms with van der Waals surface area (Å²) in [5, 5.41) is 3.35. The molecule has 0 saturated heterocycles. The highest BCUT2D eigenvalue weighted by Crippen LogP contribution is 2.29. The summed E-state index contributed by atoms with van der Waals surface area (Å²) >= 11 is 1.29. The molecule has 184 valence electrons. The van der Waals surface area contributed by atoms with Crippen LogP contribution in [0, 0.1) is 13.8 Å². The number of aryl methyl sites for hydroxylation is 2. The summed E-state index contributed by atoms with van der Waals surface area (Å²) in [7, 11) is 0. The zero-order chi connectivity index (χ0) is 25.8. The predicted molar refractivity (Wildman–Crippen MR) is 145 cm³/mol. The van der Waals surface area contributed by atoms with Crippen LogP contribution < -0.4 is 10.9 Å². The second-order valence-corrected chi connectivity index (χ2v) is 10.2. The SMILES string of the molecule is CC(=O)NCCc1ccc(C(=O)C(C)Sc2nc3ccccc3c(=O)n2-c2c(C)cccc2C)cc1. The number of amides is 1. The van der Waals surface area contributed by atoms with Crippen molar-refractivity contribution in [1.82, 2.24) is 14.9 Å². The molecular formula is C29H29N3O3S. The monoisotopic (exact) mass is 499 g/mol. The molecule has 1 heterocycles. The number of nitrogens with zero attached hydrogens (tertiary/aromatic N) is 2. The molecule has 7 heteroatoms. The summed E-state index contributed by atoms with van der Waals surface area (Å²) in [4.78, 5) is 42.8. The van der Waals surface area contributed by atoms with Crippen molar-refractivity contribution in [3.63, 3.8) is 0 Å². The van der Waals surface area contributed by atoms with Gasteiger partial charge in [-0.1, -0.05) is 66.4 Å². The number of ketones is 1. The first-order valence-corrected chi connectivity index (χ1v) is 12.8. The molecule has 0 spiro atoms. The smallest absolute Gasteiger partial charge is 0.266 e. The number of fused-ring (bicyclic) bond motifs is 1. The van der Waals surface area contributed by atoms with Crippen LogP contribution in [0.25, 0.3) is 16.6 Å². The first-order chi connectivity index (χ1) is 17.3. The number of carbonyl (C=O) groups excluding carboxylic acids is 2. The van der Waals surface area contributed by atoms with Crippen molar-refractivity contribution < 1.29 is 9.59 Å². The van der Waals surface area contributed by atoms with Crippen LogP contribution in [0.3, 0.4) is 0 Å². The molecule has 0 aliphatic heterocycles. The molecule has 6 nitrogen and oxygen atoms in total. The van der Waals surface area contributed by atoms with Gasteiger partial charge in [0.25, 0.3) is 5.56 Å². The Morgan fingerprint density at radius 2 is 1.64 bits per heavy atom. The number of nitrogens with one attached hydrogen (secondary N) is 1. The van der Waals surface area contributed by atoms with Gasteiger partial charge in [-0.2, -0.15) is 0 Å². The van der Waals surface area contributed by atoms with Crippen LogP contribution in [0.1, 0.15) is 40.9 Å². The third-order valence-electron chi connectivity index (χ3n) is 6.09. The Morgan fingerprint density at radius 3 is 2.31 bits per heavy atom. The van der Waals surface area contributed by atoms with Gasteiger partial charge in [-0.3, -0.25) is 19.0 Å². The van der Waals surface area contributed by atoms with E-state index in [0.717, 1.165) is 22.4 Å². The molecule has 0 aliphatic rings. The number of thioether (sulfide) groups is 1. The Bertz CT molecular complexity index is 1470. The molecule has 3 aromatic carbocycles. The Balaban J connectivity index is 1.66. The minimum atomic E-state index is -0.459. The van der Waals surface area contributed by atoms with Crippen LogP contribution in [0.15, 0.2) is 76.7 Å². The van der Waals surface area contributed by atoms with Crippen molar-refractivity contribution >= 4 is 34.4 Å². The second kappa shape index (κ2) is 10.9. The molecule has 0 aliphatic carbocycles. The van der Waals surface area contributed by atoms with E-state index in [1.807, 2.05) is 81.4 Å². The predicted octanol–water partition coefficient (Wildman–Crippen LogP) is 5.04. The van der Waals surface area contributed by atoms with Gasteiger partial charge in [-0.05, 0) is 56.0 Å². The molecule has 1 amide bonds. The molecule has 0 bridgehead atoms. The van der Waals surface area contributed by atoms with Gasteiger partial charge in [0.05, 0.1) is 21.8 Å². The van der Waals surface area contributed by atoms with E-state index in [9.17, 15) is 14.4 Å². The molecule has 36 heavy (non-hydrogen) atoms. The van der Waals surface area contributed by atoms with Crippen LogP contribution in [0.2, 0.25) is 0 Å². The van der Waals surface area contributed by atoms with Crippen molar-refractivity contribution in [2.24, 2.45) is 0 Å². The number of para-hydroxylation sites is 2. The van der Waals surface area contributed by atoms with Crippen LogP contribution in [0.4, 0.5) is 0 Å². The zero-order valence-electron chi connectivity index (χ0n) is 20.9. The molecule has 1 N–H and O–H groups in total. The summed E-state index contributed by atoms with van der Waals surface area (Å²) in [5.74, 6) is -0.0989. The van der Waals surface area contributed by atoms with Crippen LogP contribution in [-0.4, -0.2) is 33.0 Å². The van der Waals surface area contributed by atoms with E-state index in [0.29, 0.717) is 34.6 Å². The van der Waals surface area contributed by atoms with Gasteiger partial charge in [0.15, 0.2) is 10.9 Å². The maximum absolute atomic E-state index is 13.6. The first kappa shape index (κ1) is 25.4. The number of hydrogen-bond acceptors (Lipinski definition) is 5. The molecule has 0 fully saturated rings. The van der Waals surface area contributed by atoms with Gasteiger partial charge in [-0.15, -0.1) is 0 Å². The zero-order valence-corrected chi connectivity index (χ0v) is 21.7. The standard InChI is InChI=1S/C29H29N3O3S/c1-18-8-7-9-19(2)26(18)32-28(35)24-10-5-6-11-25(24)31-29(32)36-20(3)27(34)23-14-12-22(13-15-23)16-17-30-21(4)33/h5-15,20H,16-17H2,1-4H3,(H,30,33). The molecule has 4 rings (SSSR count). The van der Waals surface area contributed by atoms with Gasteiger partial charge >= 0.3 is 0 Å². The third kappa shape index (κ3) is 5.41. The van der Waals surface area contributed by atoms with Crippen molar-refractivity contribution in [3.05, 3.63) is 99.3 Å². The maximum atomic E-state index is 13.6. The van der Waals surface area contributed by atoms with Gasteiger partial charge < -0.3 is 5.32 Å². The number of Topliss-reactive ketones (excluding diaryl/α,β-unsaturated/α-hetero) is 1. The van der Waals surface area contributed by atoms with E-state index in [-0.39, 0.29) is 17.2 Å². The number of hydrogen-bond donors (Lipinski definition) is 1. The van der Waals surface area contributed by atoms with E-state index < -0.39 is 5.25 Å². The van der Waals surface area contributed by atoms with Crippen LogP contribution >= 0.6 is 11.8 Å². The van der Waals surface area contributed by atoms with Crippen molar-refractivity contribution in [2.45, 2.75) is 44.5 Å². The fourth-order valence-corrected chi connectivity index (χ4v) is 5.20. The summed E-state index contributed by atoms with van der Waals surface area (Å²) < 4.78 is 1.65. The van der Waals surface area contributed by atoms with Gasteiger partial charge in [0, 0.05) is 19.0 Å². The number of carbonyl (C=O) groups is 2. The summed E-state index contributed by atoms with van der Waals surface area (Å²) in [6.45, 7) is 7.83. The highest BCUT2D eigenvalue weighted by atomic mass is 32.2. The summed E-state index contributed by atoms with van der Waals surface area (Å²) in [6, 6.07) is 20.7. The third-order valence-corrected chi connectivity index (χ3v) is 7.14. The van der Waals surface area contributed by atoms with Gasteiger partial charge in [0.1, 0.15) is 0 Å². The molecule has 1 atom stereocenters. The number of aromatic nitrogens is 2. The lowest BCUT2D eigenvalue weighted by atomic mass is 10.0. The Labute approximate surface area is 214 Å². The minimum absolute atomic E-state index is 0.0381. The topological polar surface area (TPSA) is 81.1 Å². The van der Waals surface area contributed by atoms with E-state index in [2.05, 4.69) is 5.32 Å². The maximum Gasteiger partial charge on any atom is 0.266 e. The molecule has 4 aromatic rings. The fourth-order valence-electron chi connectivity index (χ4n) is 4.21. The number of benzene rings is 3. The molecule has 1 unspecified atom stereocenters. The Kier molecular flexibility index (Phi) is 7.70. The lowest BCUT2D eigenvalue weighted by Crippen LogP contribution is -2.25. The van der Waals surface area contributed by atoms with E-state index in [1.165, 1.54) is 18.7 Å². The van der Waals surface area contributed by atoms with Gasteiger partial charge in [-0.25, -0.2) is 4.98 Å². The number of rotatable bonds is 8. The van der Waals surface area contributed by atoms with E-state index in [1.54, 1.807) is 10.6 Å². The van der Waals surface area contributed by atoms with Gasteiger partial charge in [0.2, 0.25) is 5.91 Å². The normalized spacial score (nSPS) is 11.9. The van der Waals surface area contributed by atoms with E-state index >= 15 is 0 Å². The largest absolute Gasteiger partial charge is 0.356 e. The minimum Gasteiger partial charge on any atom is -0.356 e. The van der Waals surface area contributed by atoms with Crippen LogP contribution in [-0.2, 0) is 11.2 Å². The highest BCUT2D eigenvalue weighted by Gasteiger charge is 2.22. The Hall–Kier alpha value is -3.71. The fraction of sp³-hybridized carbons (Fsp3) is 0.241. The summed E-state index contributed by atoms with van der Waals surface area (Å²) in [5.41, 5.74) is 4.82. The lowest BCUT2D eigenvalue weighted by molar-refractivity contribution is -0.118. The second-order valence-electron chi connectivity index (χ2n) is 8.85. The van der Waals surface area contributed by atoms with Crippen molar-refractivity contribution in [3.8, 4) is 5.69 Å². The molecular weight excluding hydrogens is 470 g/mol. The molecule has 0 saturated carbocycles.